The van der Waals surface area contributed by atoms with Gasteiger partial charge in [-0.05, 0) is 42.2 Å². The Morgan fingerprint density at radius 2 is 2.05 bits per heavy atom. The Morgan fingerprint density at radius 3 is 2.90 bits per heavy atom. The molecule has 2 aromatic rings. The fraction of sp³-hybridized carbons (Fsp3) is 0.188. The molecule has 1 N–H and O–H groups in total. The van der Waals surface area contributed by atoms with E-state index in [0.717, 1.165) is 18.4 Å². The van der Waals surface area contributed by atoms with Gasteiger partial charge in [-0.2, -0.15) is 0 Å². The molecule has 0 saturated heterocycles. The summed E-state index contributed by atoms with van der Waals surface area (Å²) >= 11 is 5.95. The minimum atomic E-state index is -0.466. The normalized spacial score (nSPS) is 16.8. The molecule has 0 radical (unpaired) electrons. The summed E-state index contributed by atoms with van der Waals surface area (Å²) in [5.74, 6) is -0.803. The smallest absolute Gasteiger partial charge is 0.253 e. The molecule has 20 heavy (non-hydrogen) atoms. The van der Waals surface area contributed by atoms with Crippen LogP contribution in [-0.4, -0.2) is 5.91 Å². The molecule has 1 amide bonds. The number of aryl methyl sites for hydroxylation is 1. The molecule has 0 bridgehead atoms. The third-order valence-electron chi connectivity index (χ3n) is 3.61. The zero-order valence-corrected chi connectivity index (χ0v) is 11.5. The zero-order chi connectivity index (χ0) is 14.1. The lowest BCUT2D eigenvalue weighted by Crippen LogP contribution is -2.27. The molecule has 4 heteroatoms. The van der Waals surface area contributed by atoms with Crippen molar-refractivity contribution in [3.63, 3.8) is 0 Å². The maximum Gasteiger partial charge on any atom is 0.253 e. The minimum Gasteiger partial charge on any atom is -0.345 e. The predicted molar refractivity (Wildman–Crippen MR) is 76.4 cm³/mol. The molecule has 0 saturated carbocycles. The summed E-state index contributed by atoms with van der Waals surface area (Å²) in [5, 5.41) is 3.19. The lowest BCUT2D eigenvalue weighted by molar-refractivity contribution is 0.0936. The summed E-state index contributed by atoms with van der Waals surface area (Å²) in [6.07, 6.45) is 1.80. The second-order valence-electron chi connectivity index (χ2n) is 4.89. The van der Waals surface area contributed by atoms with Gasteiger partial charge in [0.05, 0.1) is 16.6 Å². The fourth-order valence-corrected chi connectivity index (χ4v) is 2.82. The highest BCUT2D eigenvalue weighted by Crippen LogP contribution is 2.31. The molecule has 102 valence electrons. The number of hydrogen-bond donors (Lipinski definition) is 1. The zero-order valence-electron chi connectivity index (χ0n) is 10.7. The quantitative estimate of drug-likeness (QED) is 0.893. The summed E-state index contributed by atoms with van der Waals surface area (Å²) in [4.78, 5) is 12.2. The number of rotatable bonds is 2. The number of fused-ring (bicyclic) bond motifs is 1. The highest BCUT2D eigenvalue weighted by molar-refractivity contribution is 6.33. The van der Waals surface area contributed by atoms with Gasteiger partial charge >= 0.3 is 0 Å². The molecule has 0 fully saturated rings. The molecule has 0 spiro atoms. The average Bonchev–Trinajstić information content (AvgIpc) is 2.85. The number of carbonyl (C=O) groups excluding carboxylic acids is 1. The van der Waals surface area contributed by atoms with Crippen LogP contribution in [0.2, 0.25) is 5.02 Å². The van der Waals surface area contributed by atoms with Crippen molar-refractivity contribution in [3.05, 3.63) is 70.0 Å². The van der Waals surface area contributed by atoms with Crippen molar-refractivity contribution in [1.29, 1.82) is 0 Å². The number of nitrogens with one attached hydrogen (secondary N) is 1. The summed E-state index contributed by atoms with van der Waals surface area (Å²) in [6.45, 7) is 0. The molecular formula is C16H13ClFNO. The van der Waals surface area contributed by atoms with Gasteiger partial charge in [0.2, 0.25) is 0 Å². The highest BCUT2D eigenvalue weighted by atomic mass is 35.5. The summed E-state index contributed by atoms with van der Waals surface area (Å²) < 4.78 is 13.2. The monoisotopic (exact) mass is 289 g/mol. The summed E-state index contributed by atoms with van der Waals surface area (Å²) in [5.41, 5.74) is 2.56. The number of halogens is 2. The standard InChI is InChI=1S/C16H13ClFNO/c17-14-7-6-11(18)9-13(14)16(20)19-15-8-5-10-3-1-2-4-12(10)15/h1-4,6-7,9,15H,5,8H2,(H,19,20)/t15-/m0/s1. The van der Waals surface area contributed by atoms with Crippen molar-refractivity contribution in [3.8, 4) is 0 Å². The Balaban J connectivity index is 1.82. The van der Waals surface area contributed by atoms with E-state index >= 15 is 0 Å². The number of amides is 1. The van der Waals surface area contributed by atoms with Crippen molar-refractivity contribution in [1.82, 2.24) is 5.32 Å². The molecule has 1 aliphatic rings. The lowest BCUT2D eigenvalue weighted by atomic mass is 10.1. The van der Waals surface area contributed by atoms with Crippen LogP contribution in [0.4, 0.5) is 4.39 Å². The maximum absolute atomic E-state index is 13.2. The molecule has 0 unspecified atom stereocenters. The second-order valence-corrected chi connectivity index (χ2v) is 5.29. The Hall–Kier alpha value is -1.87. The molecule has 1 atom stereocenters. The minimum absolute atomic E-state index is 0.0296. The topological polar surface area (TPSA) is 29.1 Å². The van der Waals surface area contributed by atoms with Gasteiger partial charge < -0.3 is 5.32 Å². The SMILES string of the molecule is O=C(N[C@H]1CCc2ccccc21)c1cc(F)ccc1Cl. The van der Waals surface area contributed by atoms with Crippen LogP contribution in [0.3, 0.4) is 0 Å². The Bertz CT molecular complexity index is 671. The predicted octanol–water partition coefficient (Wildman–Crippen LogP) is 3.90. The van der Waals surface area contributed by atoms with Crippen LogP contribution in [0.5, 0.6) is 0 Å². The van der Waals surface area contributed by atoms with E-state index in [1.54, 1.807) is 0 Å². The lowest BCUT2D eigenvalue weighted by Gasteiger charge is -2.14. The van der Waals surface area contributed by atoms with Gasteiger partial charge in [0.25, 0.3) is 5.91 Å². The Labute approximate surface area is 121 Å². The van der Waals surface area contributed by atoms with Gasteiger partial charge in [-0.3, -0.25) is 4.79 Å². The van der Waals surface area contributed by atoms with Gasteiger partial charge in [-0.15, -0.1) is 0 Å². The number of hydrogen-bond acceptors (Lipinski definition) is 1. The largest absolute Gasteiger partial charge is 0.345 e. The molecule has 0 aliphatic heterocycles. The van der Waals surface area contributed by atoms with Crippen molar-refractivity contribution >= 4 is 17.5 Å². The molecule has 0 aromatic heterocycles. The van der Waals surface area contributed by atoms with Gasteiger partial charge in [0.1, 0.15) is 5.82 Å². The van der Waals surface area contributed by atoms with Crippen LogP contribution in [0.25, 0.3) is 0 Å². The van der Waals surface area contributed by atoms with E-state index in [2.05, 4.69) is 11.4 Å². The van der Waals surface area contributed by atoms with E-state index in [9.17, 15) is 9.18 Å². The molecular weight excluding hydrogens is 277 g/mol. The molecule has 1 aliphatic carbocycles. The van der Waals surface area contributed by atoms with Crippen molar-refractivity contribution in [2.75, 3.05) is 0 Å². The Kier molecular flexibility index (Phi) is 3.45. The van der Waals surface area contributed by atoms with Crippen LogP contribution < -0.4 is 5.32 Å². The van der Waals surface area contributed by atoms with Crippen molar-refractivity contribution < 1.29 is 9.18 Å². The third-order valence-corrected chi connectivity index (χ3v) is 3.94. The number of benzene rings is 2. The van der Waals surface area contributed by atoms with Gasteiger partial charge in [-0.25, -0.2) is 4.39 Å². The highest BCUT2D eigenvalue weighted by Gasteiger charge is 2.24. The molecule has 3 rings (SSSR count). The summed E-state index contributed by atoms with van der Waals surface area (Å²) in [6, 6.07) is 11.8. The van der Waals surface area contributed by atoms with Gasteiger partial charge in [-0.1, -0.05) is 35.9 Å². The summed E-state index contributed by atoms with van der Waals surface area (Å²) in [7, 11) is 0. The van der Waals surface area contributed by atoms with E-state index < -0.39 is 5.82 Å². The van der Waals surface area contributed by atoms with E-state index in [1.165, 1.54) is 23.8 Å². The van der Waals surface area contributed by atoms with Crippen molar-refractivity contribution in [2.45, 2.75) is 18.9 Å². The van der Waals surface area contributed by atoms with Crippen molar-refractivity contribution in [2.24, 2.45) is 0 Å². The maximum atomic E-state index is 13.2. The van der Waals surface area contributed by atoms with E-state index in [0.29, 0.717) is 0 Å². The second kappa shape index (κ2) is 5.25. The van der Waals surface area contributed by atoms with Crippen LogP contribution in [0, 0.1) is 5.82 Å². The molecule has 2 aromatic carbocycles. The van der Waals surface area contributed by atoms with Gasteiger partial charge in [0, 0.05) is 0 Å². The fourth-order valence-electron chi connectivity index (χ4n) is 2.61. The molecule has 2 nitrogen and oxygen atoms in total. The number of carbonyl (C=O) groups is 1. The van der Waals surface area contributed by atoms with E-state index in [1.807, 2.05) is 18.2 Å². The van der Waals surface area contributed by atoms with E-state index in [4.69, 9.17) is 11.6 Å². The van der Waals surface area contributed by atoms with Crippen LogP contribution in [0.15, 0.2) is 42.5 Å². The molecule has 0 heterocycles. The van der Waals surface area contributed by atoms with Crippen LogP contribution in [0.1, 0.15) is 33.9 Å². The first-order valence-electron chi connectivity index (χ1n) is 6.49. The van der Waals surface area contributed by atoms with Crippen LogP contribution in [-0.2, 0) is 6.42 Å². The first-order chi connectivity index (χ1) is 9.65. The first kappa shape index (κ1) is 13.1. The first-order valence-corrected chi connectivity index (χ1v) is 6.86. The van der Waals surface area contributed by atoms with Gasteiger partial charge in [0.15, 0.2) is 0 Å². The van der Waals surface area contributed by atoms with Crippen LogP contribution >= 0.6 is 11.6 Å². The Morgan fingerprint density at radius 1 is 1.25 bits per heavy atom. The van der Waals surface area contributed by atoms with E-state index in [-0.39, 0.29) is 22.5 Å². The third kappa shape index (κ3) is 2.41. The average molecular weight is 290 g/mol.